The highest BCUT2D eigenvalue weighted by atomic mass is 16.6. The second kappa shape index (κ2) is 5.67. The third-order valence-corrected chi connectivity index (χ3v) is 2.81. The fraction of sp³-hybridized carbons (Fsp3) is 0.400. The Morgan fingerprint density at radius 1 is 1.35 bits per heavy atom. The Morgan fingerprint density at radius 2 is 1.94 bits per heavy atom. The number of esters is 1. The minimum absolute atomic E-state index is 0.178. The highest BCUT2D eigenvalue weighted by Crippen LogP contribution is 2.15. The van der Waals surface area contributed by atoms with Crippen molar-refractivity contribution < 1.29 is 9.53 Å². The number of rotatable bonds is 5. The topological polar surface area (TPSA) is 26.3 Å². The van der Waals surface area contributed by atoms with Crippen LogP contribution in [-0.4, -0.2) is 11.6 Å². The maximum atomic E-state index is 11.7. The van der Waals surface area contributed by atoms with E-state index in [4.69, 9.17) is 4.74 Å². The molecule has 2 heteroatoms. The lowest BCUT2D eigenvalue weighted by Gasteiger charge is -2.23. The van der Waals surface area contributed by atoms with Crippen molar-refractivity contribution in [1.82, 2.24) is 0 Å². The molecule has 0 fully saturated rings. The van der Waals surface area contributed by atoms with Crippen LogP contribution in [0, 0.1) is 0 Å². The monoisotopic (exact) mass is 232 g/mol. The van der Waals surface area contributed by atoms with Crippen LogP contribution in [0.15, 0.2) is 30.8 Å². The largest absolute Gasteiger partial charge is 0.459 e. The molecule has 2 nitrogen and oxygen atoms in total. The van der Waals surface area contributed by atoms with Crippen LogP contribution in [0.1, 0.15) is 38.3 Å². The lowest BCUT2D eigenvalue weighted by Crippen LogP contribution is -2.27. The van der Waals surface area contributed by atoms with Crippen LogP contribution in [0.25, 0.3) is 6.08 Å². The second-order valence-corrected chi connectivity index (χ2v) is 4.71. The van der Waals surface area contributed by atoms with Crippen molar-refractivity contribution in [3.05, 3.63) is 42.0 Å². The number of carbonyl (C=O) groups is 1. The molecule has 1 aromatic carbocycles. The van der Waals surface area contributed by atoms with Gasteiger partial charge in [-0.15, -0.1) is 0 Å². The van der Waals surface area contributed by atoms with Crippen molar-refractivity contribution in [1.29, 1.82) is 0 Å². The lowest BCUT2D eigenvalue weighted by molar-refractivity contribution is -0.155. The molecule has 0 atom stereocenters. The maximum Gasteiger partial charge on any atom is 0.310 e. The number of hydrogen-bond acceptors (Lipinski definition) is 2. The van der Waals surface area contributed by atoms with Gasteiger partial charge >= 0.3 is 5.97 Å². The average Bonchev–Trinajstić information content (AvgIpc) is 2.29. The highest BCUT2D eigenvalue weighted by Gasteiger charge is 2.20. The van der Waals surface area contributed by atoms with E-state index in [0.29, 0.717) is 6.42 Å². The summed E-state index contributed by atoms with van der Waals surface area (Å²) >= 11 is 0. The lowest BCUT2D eigenvalue weighted by atomic mass is 10.1. The molecule has 1 rings (SSSR count). The summed E-state index contributed by atoms with van der Waals surface area (Å²) in [4.78, 5) is 11.7. The molecule has 0 aliphatic rings. The smallest absolute Gasteiger partial charge is 0.310 e. The summed E-state index contributed by atoms with van der Waals surface area (Å²) in [6, 6.07) is 7.75. The van der Waals surface area contributed by atoms with Gasteiger partial charge in [0.2, 0.25) is 0 Å². The molecule has 17 heavy (non-hydrogen) atoms. The Kier molecular flexibility index (Phi) is 4.50. The van der Waals surface area contributed by atoms with Crippen molar-refractivity contribution in [3.63, 3.8) is 0 Å². The molecule has 0 unspecified atom stereocenters. The van der Waals surface area contributed by atoms with Gasteiger partial charge in [0.25, 0.3) is 0 Å². The predicted molar refractivity (Wildman–Crippen MR) is 70.7 cm³/mol. The standard InChI is InChI=1S/C15H20O2/c1-5-12-7-9-13(10-8-12)11-14(16)17-15(3,4)6-2/h5,7-10H,1,6,11H2,2-4H3. The molecule has 0 amide bonds. The van der Waals surface area contributed by atoms with Gasteiger partial charge in [0.05, 0.1) is 6.42 Å². The minimum Gasteiger partial charge on any atom is -0.459 e. The van der Waals surface area contributed by atoms with Crippen molar-refractivity contribution in [2.45, 2.75) is 39.2 Å². The Hall–Kier alpha value is -1.57. The molecule has 92 valence electrons. The third kappa shape index (κ3) is 4.43. The van der Waals surface area contributed by atoms with Gasteiger partial charge in [0.1, 0.15) is 5.60 Å². The van der Waals surface area contributed by atoms with E-state index >= 15 is 0 Å². The van der Waals surface area contributed by atoms with E-state index in [0.717, 1.165) is 17.5 Å². The minimum atomic E-state index is -0.377. The van der Waals surface area contributed by atoms with Gasteiger partial charge < -0.3 is 4.74 Å². The highest BCUT2D eigenvalue weighted by molar-refractivity contribution is 5.73. The first-order valence-electron chi connectivity index (χ1n) is 5.90. The van der Waals surface area contributed by atoms with Crippen molar-refractivity contribution >= 4 is 12.0 Å². The van der Waals surface area contributed by atoms with Crippen LogP contribution in [0.4, 0.5) is 0 Å². The van der Waals surface area contributed by atoms with E-state index in [-0.39, 0.29) is 11.6 Å². The molecule has 0 saturated carbocycles. The third-order valence-electron chi connectivity index (χ3n) is 2.81. The Balaban J connectivity index is 2.59. The molecule has 0 radical (unpaired) electrons. The van der Waals surface area contributed by atoms with Gasteiger partial charge in [-0.1, -0.05) is 43.8 Å². The molecule has 0 saturated heterocycles. The molecular weight excluding hydrogens is 212 g/mol. The van der Waals surface area contributed by atoms with Crippen LogP contribution in [0.3, 0.4) is 0 Å². The molecule has 0 aliphatic heterocycles. The quantitative estimate of drug-likeness (QED) is 0.725. The summed E-state index contributed by atoms with van der Waals surface area (Å²) in [5.41, 5.74) is 1.64. The van der Waals surface area contributed by atoms with Crippen LogP contribution < -0.4 is 0 Å². The van der Waals surface area contributed by atoms with E-state index < -0.39 is 0 Å². The van der Waals surface area contributed by atoms with E-state index in [1.807, 2.05) is 45.0 Å². The Labute approximate surface area is 103 Å². The van der Waals surface area contributed by atoms with Gasteiger partial charge in [0, 0.05) is 0 Å². The first-order valence-corrected chi connectivity index (χ1v) is 5.90. The Morgan fingerprint density at radius 3 is 2.41 bits per heavy atom. The zero-order valence-corrected chi connectivity index (χ0v) is 10.8. The molecule has 0 N–H and O–H groups in total. The number of benzene rings is 1. The summed E-state index contributed by atoms with van der Waals surface area (Å²) in [6.45, 7) is 9.54. The summed E-state index contributed by atoms with van der Waals surface area (Å²) < 4.78 is 5.39. The average molecular weight is 232 g/mol. The molecule has 0 aliphatic carbocycles. The first kappa shape index (κ1) is 13.5. The molecule has 0 spiro atoms. The molecule has 0 heterocycles. The molecule has 1 aromatic rings. The van der Waals surface area contributed by atoms with E-state index in [2.05, 4.69) is 6.58 Å². The number of ether oxygens (including phenoxy) is 1. The van der Waals surface area contributed by atoms with Gasteiger partial charge in [-0.05, 0) is 31.4 Å². The Bertz CT molecular complexity index is 388. The van der Waals surface area contributed by atoms with E-state index in [9.17, 15) is 4.79 Å². The van der Waals surface area contributed by atoms with Crippen molar-refractivity contribution in [2.24, 2.45) is 0 Å². The number of hydrogen-bond donors (Lipinski definition) is 0. The van der Waals surface area contributed by atoms with Gasteiger partial charge in [-0.25, -0.2) is 0 Å². The van der Waals surface area contributed by atoms with Crippen molar-refractivity contribution in [3.8, 4) is 0 Å². The zero-order valence-electron chi connectivity index (χ0n) is 10.8. The van der Waals surface area contributed by atoms with Gasteiger partial charge in [-0.3, -0.25) is 4.79 Å². The molecule has 0 bridgehead atoms. The predicted octanol–water partition coefficient (Wildman–Crippen LogP) is 3.60. The fourth-order valence-electron chi connectivity index (χ4n) is 1.35. The van der Waals surface area contributed by atoms with Crippen LogP contribution in [0.5, 0.6) is 0 Å². The van der Waals surface area contributed by atoms with Crippen LogP contribution >= 0.6 is 0 Å². The van der Waals surface area contributed by atoms with Crippen LogP contribution in [-0.2, 0) is 16.0 Å². The molecule has 0 aromatic heterocycles. The fourth-order valence-corrected chi connectivity index (χ4v) is 1.35. The van der Waals surface area contributed by atoms with E-state index in [1.54, 1.807) is 6.08 Å². The van der Waals surface area contributed by atoms with E-state index in [1.165, 1.54) is 0 Å². The summed E-state index contributed by atoms with van der Waals surface area (Å²) in [5.74, 6) is -0.178. The number of carbonyl (C=O) groups excluding carboxylic acids is 1. The summed E-state index contributed by atoms with van der Waals surface area (Å²) in [7, 11) is 0. The van der Waals surface area contributed by atoms with Crippen molar-refractivity contribution in [2.75, 3.05) is 0 Å². The van der Waals surface area contributed by atoms with Gasteiger partial charge in [0.15, 0.2) is 0 Å². The summed E-state index contributed by atoms with van der Waals surface area (Å²) in [5, 5.41) is 0. The normalized spacial score (nSPS) is 11.0. The SMILES string of the molecule is C=Cc1ccc(CC(=O)OC(C)(C)CC)cc1. The first-order chi connectivity index (χ1) is 7.96. The maximum absolute atomic E-state index is 11.7. The second-order valence-electron chi connectivity index (χ2n) is 4.71. The van der Waals surface area contributed by atoms with Crippen LogP contribution in [0.2, 0.25) is 0 Å². The zero-order chi connectivity index (χ0) is 12.9. The molecular formula is C15H20O2. The summed E-state index contributed by atoms with van der Waals surface area (Å²) in [6.07, 6.45) is 2.91. The van der Waals surface area contributed by atoms with Gasteiger partial charge in [-0.2, -0.15) is 0 Å².